The number of rotatable bonds is 0. The zero-order valence-electron chi connectivity index (χ0n) is 10.2. The number of hydroxylamine groups is 3. The topological polar surface area (TPSA) is 23.1 Å². The molecule has 2 heteroatoms. The summed E-state index contributed by atoms with van der Waals surface area (Å²) in [4.78, 5) is 0. The van der Waals surface area contributed by atoms with Gasteiger partial charge >= 0.3 is 0 Å². The van der Waals surface area contributed by atoms with Crippen molar-refractivity contribution in [2.45, 2.75) is 33.6 Å². The van der Waals surface area contributed by atoms with Gasteiger partial charge in [0, 0.05) is 17.8 Å². The van der Waals surface area contributed by atoms with Crippen LogP contribution in [0.3, 0.4) is 0 Å². The highest BCUT2D eigenvalue weighted by molar-refractivity contribution is 4.97. The Balaban J connectivity index is 1.91. The van der Waals surface area contributed by atoms with E-state index in [2.05, 4.69) is 20.8 Å². The van der Waals surface area contributed by atoms with Crippen molar-refractivity contribution in [1.82, 2.24) is 0 Å². The van der Waals surface area contributed by atoms with Crippen molar-refractivity contribution in [3.63, 3.8) is 0 Å². The number of hydrogen-bond donors (Lipinski definition) is 0. The van der Waals surface area contributed by atoms with Crippen LogP contribution in [-0.2, 0) is 0 Å². The maximum atomic E-state index is 12.4. The van der Waals surface area contributed by atoms with Crippen LogP contribution < -0.4 is 0 Å². The molecule has 4 rings (SSSR count). The van der Waals surface area contributed by atoms with Gasteiger partial charge < -0.3 is 9.85 Å². The van der Waals surface area contributed by atoms with Gasteiger partial charge in [0.05, 0.1) is 19.6 Å². The minimum Gasteiger partial charge on any atom is -0.633 e. The van der Waals surface area contributed by atoms with Gasteiger partial charge in [0.1, 0.15) is 0 Å². The summed E-state index contributed by atoms with van der Waals surface area (Å²) in [5.74, 6) is 3.04. The Labute approximate surface area is 92.8 Å². The Hall–Kier alpha value is -0.0800. The third-order valence-corrected chi connectivity index (χ3v) is 5.01. The summed E-state index contributed by atoms with van der Waals surface area (Å²) in [6.07, 6.45) is 2.70. The Morgan fingerprint density at radius 3 is 1.93 bits per heavy atom. The Morgan fingerprint density at radius 1 is 1.00 bits per heavy atom. The van der Waals surface area contributed by atoms with Crippen LogP contribution in [-0.4, -0.2) is 24.3 Å². The van der Waals surface area contributed by atoms with Crippen molar-refractivity contribution in [3.05, 3.63) is 5.21 Å². The van der Waals surface area contributed by atoms with Crippen molar-refractivity contribution in [3.8, 4) is 0 Å². The first kappa shape index (κ1) is 10.1. The van der Waals surface area contributed by atoms with E-state index in [9.17, 15) is 5.21 Å². The smallest absolute Gasteiger partial charge is 0.0815 e. The van der Waals surface area contributed by atoms with Crippen molar-refractivity contribution in [2.24, 2.45) is 29.1 Å². The zero-order valence-corrected chi connectivity index (χ0v) is 10.2. The zero-order chi connectivity index (χ0) is 10.8. The quantitative estimate of drug-likeness (QED) is 0.444. The molecule has 1 saturated carbocycles. The summed E-state index contributed by atoms with van der Waals surface area (Å²) in [7, 11) is 0. The van der Waals surface area contributed by atoms with Crippen molar-refractivity contribution in [2.75, 3.05) is 19.6 Å². The van der Waals surface area contributed by atoms with Gasteiger partial charge in [-0.3, -0.25) is 0 Å². The summed E-state index contributed by atoms with van der Waals surface area (Å²) in [5, 5.41) is 12.4. The van der Waals surface area contributed by atoms with Crippen LogP contribution in [0.5, 0.6) is 0 Å². The molecule has 4 bridgehead atoms. The molecule has 2 nitrogen and oxygen atoms in total. The summed E-state index contributed by atoms with van der Waals surface area (Å²) in [6.45, 7) is 9.88. The predicted molar refractivity (Wildman–Crippen MR) is 60.9 cm³/mol. The molecular weight excluding hydrogens is 186 g/mol. The van der Waals surface area contributed by atoms with Crippen molar-refractivity contribution >= 4 is 0 Å². The average Bonchev–Trinajstić information content (AvgIpc) is 1.94. The molecule has 0 aromatic carbocycles. The lowest BCUT2D eigenvalue weighted by atomic mass is 9.55. The second kappa shape index (κ2) is 2.78. The lowest BCUT2D eigenvalue weighted by Gasteiger charge is -2.65. The number of piperidine rings is 3. The average molecular weight is 209 g/mol. The van der Waals surface area contributed by atoms with Gasteiger partial charge in [-0.15, -0.1) is 0 Å². The maximum absolute atomic E-state index is 12.4. The van der Waals surface area contributed by atoms with Crippen molar-refractivity contribution < 1.29 is 4.65 Å². The molecule has 2 unspecified atom stereocenters. The molecular formula is C13H23NO. The number of quaternary nitrogens is 1. The largest absolute Gasteiger partial charge is 0.633 e. The number of nitrogens with zero attached hydrogens (tertiary/aromatic N) is 1. The van der Waals surface area contributed by atoms with E-state index in [-0.39, 0.29) is 4.65 Å². The highest BCUT2D eigenvalue weighted by Gasteiger charge is 2.55. The minimum absolute atomic E-state index is 0.159. The van der Waals surface area contributed by atoms with E-state index in [1.54, 1.807) is 0 Å². The lowest BCUT2D eigenvalue weighted by Crippen LogP contribution is -2.67. The van der Waals surface area contributed by atoms with Gasteiger partial charge in [-0.05, 0) is 24.2 Å². The number of hydrogen-bond acceptors (Lipinski definition) is 1. The molecule has 86 valence electrons. The van der Waals surface area contributed by atoms with E-state index in [1.165, 1.54) is 12.8 Å². The second-order valence-corrected chi connectivity index (χ2v) is 7.36. The molecule has 4 fully saturated rings. The highest BCUT2D eigenvalue weighted by Crippen LogP contribution is 2.55. The van der Waals surface area contributed by atoms with E-state index < -0.39 is 0 Å². The molecule has 0 amide bonds. The highest BCUT2D eigenvalue weighted by atomic mass is 16.5. The van der Waals surface area contributed by atoms with Gasteiger partial charge in [-0.25, -0.2) is 0 Å². The molecule has 0 aromatic heterocycles. The summed E-state index contributed by atoms with van der Waals surface area (Å²) in [5.41, 5.74) is 0.406. The Morgan fingerprint density at radius 2 is 1.53 bits per heavy atom. The first-order valence-corrected chi connectivity index (χ1v) is 6.44. The molecule has 0 radical (unpaired) electrons. The standard InChI is InChI=1S/C13H23NO/c1-13(2,3)12-10-4-9-5-11(12)8-14(15,6-9)7-10/h9-12H,4-8H2,1-3H3. The van der Waals surface area contributed by atoms with Gasteiger partial charge in [0.25, 0.3) is 0 Å². The molecule has 1 aliphatic carbocycles. The third-order valence-electron chi connectivity index (χ3n) is 5.01. The van der Waals surface area contributed by atoms with E-state index in [1.807, 2.05) is 0 Å². The first-order chi connectivity index (χ1) is 6.87. The molecule has 4 aliphatic rings. The van der Waals surface area contributed by atoms with Crippen LogP contribution in [0.2, 0.25) is 0 Å². The Bertz CT molecular complexity index is 265. The van der Waals surface area contributed by atoms with E-state index >= 15 is 0 Å². The first-order valence-electron chi connectivity index (χ1n) is 6.44. The predicted octanol–water partition coefficient (Wildman–Crippen LogP) is 2.63. The summed E-state index contributed by atoms with van der Waals surface area (Å²) >= 11 is 0. The third kappa shape index (κ3) is 1.45. The minimum atomic E-state index is 0.159. The van der Waals surface area contributed by atoms with Crippen molar-refractivity contribution in [1.29, 1.82) is 0 Å². The molecule has 0 spiro atoms. The normalized spacial score (nSPS) is 53.6. The van der Waals surface area contributed by atoms with Crippen LogP contribution >= 0.6 is 0 Å². The lowest BCUT2D eigenvalue weighted by molar-refractivity contribution is -0.912. The van der Waals surface area contributed by atoms with E-state index in [0.717, 1.165) is 43.3 Å². The Kier molecular flexibility index (Phi) is 1.87. The molecule has 15 heavy (non-hydrogen) atoms. The molecule has 3 aliphatic heterocycles. The second-order valence-electron chi connectivity index (χ2n) is 7.36. The molecule has 2 atom stereocenters. The van der Waals surface area contributed by atoms with Gasteiger partial charge in [0.2, 0.25) is 0 Å². The monoisotopic (exact) mass is 209 g/mol. The van der Waals surface area contributed by atoms with Crippen LogP contribution in [0.1, 0.15) is 33.6 Å². The van der Waals surface area contributed by atoms with Gasteiger partial charge in [0.15, 0.2) is 0 Å². The summed E-state index contributed by atoms with van der Waals surface area (Å²) < 4.78 is 0.159. The molecule has 3 heterocycles. The fourth-order valence-electron chi connectivity index (χ4n) is 5.12. The SMILES string of the molecule is CC(C)(C)C1C2CC3CC1C[N+]([O-])(C3)C2. The van der Waals surface area contributed by atoms with E-state index in [4.69, 9.17) is 0 Å². The van der Waals surface area contributed by atoms with Gasteiger partial charge in [-0.1, -0.05) is 20.8 Å². The van der Waals surface area contributed by atoms with E-state index in [0.29, 0.717) is 5.41 Å². The fraction of sp³-hybridized carbons (Fsp3) is 1.00. The van der Waals surface area contributed by atoms with Crippen LogP contribution in [0.15, 0.2) is 0 Å². The molecule has 0 aromatic rings. The summed E-state index contributed by atoms with van der Waals surface area (Å²) in [6, 6.07) is 0. The van der Waals surface area contributed by atoms with Crippen LogP contribution in [0.4, 0.5) is 0 Å². The van der Waals surface area contributed by atoms with Gasteiger partial charge in [-0.2, -0.15) is 0 Å². The molecule has 0 N–H and O–H groups in total. The van der Waals surface area contributed by atoms with Crippen LogP contribution in [0.25, 0.3) is 0 Å². The van der Waals surface area contributed by atoms with Crippen LogP contribution in [0, 0.1) is 34.3 Å². The maximum Gasteiger partial charge on any atom is 0.0815 e. The fourth-order valence-corrected chi connectivity index (χ4v) is 5.12. The molecule has 3 saturated heterocycles.